The lowest BCUT2D eigenvalue weighted by atomic mass is 10.0. The summed E-state index contributed by atoms with van der Waals surface area (Å²) in [5.41, 5.74) is 1.46. The molecule has 0 atom stereocenters. The molecule has 6 nitrogen and oxygen atoms in total. The molecule has 29 heavy (non-hydrogen) atoms. The minimum absolute atomic E-state index is 0.0568. The summed E-state index contributed by atoms with van der Waals surface area (Å²) in [5.74, 6) is 1.50. The third-order valence-corrected chi connectivity index (χ3v) is 4.73. The van der Waals surface area contributed by atoms with Crippen LogP contribution in [0.3, 0.4) is 0 Å². The van der Waals surface area contributed by atoms with Crippen LogP contribution in [0.4, 0.5) is 0 Å². The number of carbonyl (C=O) groups excluding carboxylic acids is 1. The van der Waals surface area contributed by atoms with Crippen LogP contribution in [0.2, 0.25) is 5.02 Å². The van der Waals surface area contributed by atoms with Crippen molar-refractivity contribution in [3.8, 4) is 11.6 Å². The molecule has 0 spiro atoms. The topological polar surface area (TPSA) is 60.3 Å². The summed E-state index contributed by atoms with van der Waals surface area (Å²) in [6.45, 7) is 5.17. The van der Waals surface area contributed by atoms with Gasteiger partial charge in [0.25, 0.3) is 5.91 Å². The molecule has 2 heterocycles. The van der Waals surface area contributed by atoms with Gasteiger partial charge in [0.2, 0.25) is 0 Å². The number of aromatic nitrogens is 3. The molecule has 7 heteroatoms. The van der Waals surface area contributed by atoms with Crippen molar-refractivity contribution in [2.75, 3.05) is 20.2 Å². The van der Waals surface area contributed by atoms with E-state index < -0.39 is 0 Å². The van der Waals surface area contributed by atoms with Gasteiger partial charge in [0.15, 0.2) is 5.82 Å². The van der Waals surface area contributed by atoms with Crippen LogP contribution in [0.1, 0.15) is 42.2 Å². The van der Waals surface area contributed by atoms with Gasteiger partial charge < -0.3 is 9.64 Å². The number of hydrogen-bond donors (Lipinski definition) is 0. The van der Waals surface area contributed by atoms with Gasteiger partial charge in [0.05, 0.1) is 24.1 Å². The van der Waals surface area contributed by atoms with Crippen molar-refractivity contribution < 1.29 is 9.53 Å². The quantitative estimate of drug-likeness (QED) is 0.508. The maximum absolute atomic E-state index is 13.0. The van der Waals surface area contributed by atoms with Crippen molar-refractivity contribution in [2.45, 2.75) is 26.2 Å². The average Bonchev–Trinajstić information content (AvgIpc) is 3.16. The van der Waals surface area contributed by atoms with Crippen LogP contribution in [-0.2, 0) is 0 Å². The van der Waals surface area contributed by atoms with Crippen molar-refractivity contribution in [1.82, 2.24) is 19.7 Å². The molecule has 0 bridgehead atoms. The molecule has 2 aromatic heterocycles. The highest BCUT2D eigenvalue weighted by Crippen LogP contribution is 2.23. The van der Waals surface area contributed by atoms with E-state index in [2.05, 4.69) is 10.1 Å². The second kappa shape index (κ2) is 9.56. The van der Waals surface area contributed by atoms with Gasteiger partial charge in [-0.15, -0.1) is 0 Å². The smallest absolute Gasteiger partial charge is 0.257 e. The van der Waals surface area contributed by atoms with E-state index in [0.717, 1.165) is 11.4 Å². The Morgan fingerprint density at radius 2 is 2.07 bits per heavy atom. The Labute approximate surface area is 176 Å². The van der Waals surface area contributed by atoms with E-state index in [1.165, 1.54) is 0 Å². The van der Waals surface area contributed by atoms with E-state index in [0.29, 0.717) is 36.0 Å². The summed E-state index contributed by atoms with van der Waals surface area (Å²) in [7, 11) is 1.80. The summed E-state index contributed by atoms with van der Waals surface area (Å²) in [5, 5.41) is 5.06. The van der Waals surface area contributed by atoms with Gasteiger partial charge in [0, 0.05) is 24.8 Å². The van der Waals surface area contributed by atoms with Crippen molar-refractivity contribution in [3.05, 3.63) is 71.1 Å². The maximum Gasteiger partial charge on any atom is 0.257 e. The third-order valence-electron chi connectivity index (χ3n) is 4.50. The summed E-state index contributed by atoms with van der Waals surface area (Å²) in [4.78, 5) is 19.1. The molecule has 0 aliphatic heterocycles. The molecule has 0 saturated carbocycles. The Hall–Kier alpha value is -2.86. The van der Waals surface area contributed by atoms with Crippen LogP contribution in [-0.4, -0.2) is 45.8 Å². The molecule has 0 fully saturated rings. The first-order valence-corrected chi connectivity index (χ1v) is 9.98. The standard InChI is InChI=1S/C22H25ClN4O2/c1-16(2)21-19(15-25-27(21)20-10-4-5-11-24-20)22(28)26(3)12-7-13-29-18-9-6-8-17(23)14-18/h4-6,8-11,14-16H,7,12-13H2,1-3H3. The van der Waals surface area contributed by atoms with Crippen molar-refractivity contribution in [1.29, 1.82) is 0 Å². The van der Waals surface area contributed by atoms with E-state index in [1.54, 1.807) is 41.2 Å². The van der Waals surface area contributed by atoms with Gasteiger partial charge in [-0.25, -0.2) is 9.67 Å². The highest BCUT2D eigenvalue weighted by molar-refractivity contribution is 6.30. The average molecular weight is 413 g/mol. The minimum atomic E-state index is -0.0568. The predicted octanol–water partition coefficient (Wildman–Crippen LogP) is 4.59. The Kier molecular flexibility index (Phi) is 6.88. The van der Waals surface area contributed by atoms with Gasteiger partial charge in [-0.1, -0.05) is 37.6 Å². The molecule has 1 aromatic carbocycles. The summed E-state index contributed by atoms with van der Waals surface area (Å²) >= 11 is 5.96. The Morgan fingerprint density at radius 3 is 2.76 bits per heavy atom. The zero-order valence-corrected chi connectivity index (χ0v) is 17.6. The van der Waals surface area contributed by atoms with Gasteiger partial charge in [0.1, 0.15) is 5.75 Å². The largest absolute Gasteiger partial charge is 0.493 e. The molecule has 3 aromatic rings. The summed E-state index contributed by atoms with van der Waals surface area (Å²) in [6.07, 6.45) is 4.06. The number of amides is 1. The highest BCUT2D eigenvalue weighted by atomic mass is 35.5. The molecule has 152 valence electrons. The molecule has 3 rings (SSSR count). The predicted molar refractivity (Wildman–Crippen MR) is 114 cm³/mol. The Bertz CT molecular complexity index is 956. The molecule has 0 N–H and O–H groups in total. The summed E-state index contributed by atoms with van der Waals surface area (Å²) < 4.78 is 7.44. The molecule has 1 amide bonds. The number of ether oxygens (including phenoxy) is 1. The van der Waals surface area contributed by atoms with Crippen LogP contribution in [0.15, 0.2) is 54.9 Å². The first kappa shape index (κ1) is 20.9. The zero-order valence-electron chi connectivity index (χ0n) is 16.9. The normalized spacial score (nSPS) is 10.9. The first-order valence-electron chi connectivity index (χ1n) is 9.60. The number of pyridine rings is 1. The molecule has 0 aliphatic rings. The number of carbonyl (C=O) groups is 1. The zero-order chi connectivity index (χ0) is 20.8. The van der Waals surface area contributed by atoms with Crippen LogP contribution in [0.25, 0.3) is 5.82 Å². The molecule has 0 saturated heterocycles. The number of benzene rings is 1. The first-order chi connectivity index (χ1) is 14.0. The van der Waals surface area contributed by atoms with E-state index in [4.69, 9.17) is 16.3 Å². The third kappa shape index (κ3) is 5.15. The second-order valence-electron chi connectivity index (χ2n) is 7.08. The van der Waals surface area contributed by atoms with Gasteiger partial charge in [-0.05, 0) is 42.7 Å². The lowest BCUT2D eigenvalue weighted by Crippen LogP contribution is -2.29. The lowest BCUT2D eigenvalue weighted by Gasteiger charge is -2.19. The van der Waals surface area contributed by atoms with Gasteiger partial charge >= 0.3 is 0 Å². The SMILES string of the molecule is CC(C)c1c(C(=O)N(C)CCCOc2cccc(Cl)c2)cnn1-c1ccccn1. The number of halogens is 1. The molecule has 0 unspecified atom stereocenters. The van der Waals surface area contributed by atoms with Gasteiger partial charge in [-0.2, -0.15) is 5.10 Å². The number of rotatable bonds is 8. The molecule has 0 aliphatic carbocycles. The highest BCUT2D eigenvalue weighted by Gasteiger charge is 2.23. The second-order valence-corrected chi connectivity index (χ2v) is 7.52. The maximum atomic E-state index is 13.0. The molecule has 0 radical (unpaired) electrons. The van der Waals surface area contributed by atoms with Crippen LogP contribution >= 0.6 is 11.6 Å². The Morgan fingerprint density at radius 1 is 1.24 bits per heavy atom. The van der Waals surface area contributed by atoms with Crippen molar-refractivity contribution >= 4 is 17.5 Å². The fourth-order valence-corrected chi connectivity index (χ4v) is 3.28. The van der Waals surface area contributed by atoms with E-state index in [-0.39, 0.29) is 11.8 Å². The summed E-state index contributed by atoms with van der Waals surface area (Å²) in [6, 6.07) is 12.9. The van der Waals surface area contributed by atoms with E-state index in [1.807, 2.05) is 44.2 Å². The van der Waals surface area contributed by atoms with Crippen LogP contribution < -0.4 is 4.74 Å². The Balaban J connectivity index is 1.64. The number of hydrogen-bond acceptors (Lipinski definition) is 4. The monoisotopic (exact) mass is 412 g/mol. The minimum Gasteiger partial charge on any atom is -0.493 e. The molecular formula is C22H25ClN4O2. The fourth-order valence-electron chi connectivity index (χ4n) is 3.10. The van der Waals surface area contributed by atoms with E-state index in [9.17, 15) is 4.79 Å². The van der Waals surface area contributed by atoms with Crippen molar-refractivity contribution in [3.63, 3.8) is 0 Å². The van der Waals surface area contributed by atoms with Gasteiger partial charge in [-0.3, -0.25) is 4.79 Å². The van der Waals surface area contributed by atoms with E-state index >= 15 is 0 Å². The molecular weight excluding hydrogens is 388 g/mol. The van der Waals surface area contributed by atoms with Crippen LogP contribution in [0.5, 0.6) is 5.75 Å². The lowest BCUT2D eigenvalue weighted by molar-refractivity contribution is 0.0786. The fraction of sp³-hybridized carbons (Fsp3) is 0.318. The van der Waals surface area contributed by atoms with Crippen LogP contribution in [0, 0.1) is 0 Å². The number of nitrogens with zero attached hydrogens (tertiary/aromatic N) is 4. The van der Waals surface area contributed by atoms with Crippen molar-refractivity contribution in [2.24, 2.45) is 0 Å².